The molecule has 7 nitrogen and oxygen atoms in total. The van der Waals surface area contributed by atoms with Crippen LogP contribution in [0.25, 0.3) is 5.69 Å². The van der Waals surface area contributed by atoms with Crippen LogP contribution in [0.2, 0.25) is 0 Å². The zero-order valence-electron chi connectivity index (χ0n) is 21.4. The molecule has 1 N–H and O–H groups in total. The van der Waals surface area contributed by atoms with Crippen LogP contribution in [-0.4, -0.2) is 45.5 Å². The molecule has 3 aromatic rings. The Hall–Kier alpha value is -3.32. The maximum absolute atomic E-state index is 13.3. The molecule has 2 amide bonds. The first-order valence-electron chi connectivity index (χ1n) is 12.3. The van der Waals surface area contributed by atoms with Crippen molar-refractivity contribution in [3.05, 3.63) is 71.4 Å². The second kappa shape index (κ2) is 10.5. The molecule has 4 rings (SSSR count). The summed E-state index contributed by atoms with van der Waals surface area (Å²) in [6, 6.07) is 17.7. The quantitative estimate of drug-likeness (QED) is 0.470. The smallest absolute Gasteiger partial charge is 0.318 e. The van der Waals surface area contributed by atoms with Gasteiger partial charge in [0.15, 0.2) is 0 Å². The van der Waals surface area contributed by atoms with Crippen LogP contribution < -0.4 is 10.1 Å². The van der Waals surface area contributed by atoms with Crippen molar-refractivity contribution >= 4 is 6.03 Å². The maximum Gasteiger partial charge on any atom is 0.318 e. The Balaban J connectivity index is 1.72. The average Bonchev–Trinajstić information content (AvgIpc) is 3.41. The van der Waals surface area contributed by atoms with E-state index >= 15 is 0 Å². The molecule has 1 aliphatic heterocycles. The lowest BCUT2D eigenvalue weighted by atomic mass is 10.1. The number of benzene rings is 2. The Bertz CT molecular complexity index is 1140. The van der Waals surface area contributed by atoms with Gasteiger partial charge in [0.2, 0.25) is 5.88 Å². The Morgan fingerprint density at radius 2 is 1.94 bits per heavy atom. The number of nitrogens with zero attached hydrogens (tertiary/aromatic N) is 3. The summed E-state index contributed by atoms with van der Waals surface area (Å²) >= 11 is 0. The fraction of sp³-hybridized carbons (Fsp3) is 0.429. The van der Waals surface area contributed by atoms with Gasteiger partial charge in [-0.05, 0) is 77.3 Å². The number of amides is 2. The van der Waals surface area contributed by atoms with Gasteiger partial charge in [-0.1, -0.05) is 30.3 Å². The molecule has 0 bridgehead atoms. The van der Waals surface area contributed by atoms with Gasteiger partial charge in [-0.3, -0.25) is 0 Å². The highest BCUT2D eigenvalue weighted by Crippen LogP contribution is 2.32. The van der Waals surface area contributed by atoms with E-state index in [1.54, 1.807) is 0 Å². The number of carbonyl (C=O) groups is 1. The van der Waals surface area contributed by atoms with Crippen LogP contribution in [0.15, 0.2) is 54.6 Å². The number of urea groups is 1. The van der Waals surface area contributed by atoms with E-state index in [1.165, 1.54) is 0 Å². The third-order valence-electron chi connectivity index (χ3n) is 5.91. The van der Waals surface area contributed by atoms with Crippen molar-refractivity contribution < 1.29 is 14.3 Å². The second-order valence-corrected chi connectivity index (χ2v) is 10.2. The molecule has 2 aromatic carbocycles. The Kier molecular flexibility index (Phi) is 7.45. The normalized spacial score (nSPS) is 15.7. The van der Waals surface area contributed by atoms with Crippen LogP contribution in [0.1, 0.15) is 50.4 Å². The van der Waals surface area contributed by atoms with Crippen LogP contribution in [0.5, 0.6) is 11.6 Å². The van der Waals surface area contributed by atoms with Crippen molar-refractivity contribution in [2.75, 3.05) is 13.2 Å². The lowest BCUT2D eigenvalue weighted by Gasteiger charge is -2.30. The number of ether oxygens (including phenoxy) is 2. The molecule has 0 aliphatic carbocycles. The minimum atomic E-state index is -0.351. The molecule has 186 valence electrons. The van der Waals surface area contributed by atoms with Gasteiger partial charge in [-0.2, -0.15) is 5.10 Å². The summed E-state index contributed by atoms with van der Waals surface area (Å²) in [5.74, 6) is 1.34. The first-order chi connectivity index (χ1) is 16.7. The molecule has 1 aliphatic rings. The molecule has 1 aromatic heterocycles. The molecule has 0 radical (unpaired) electrons. The Morgan fingerprint density at radius 3 is 2.60 bits per heavy atom. The monoisotopic (exact) mass is 476 g/mol. The summed E-state index contributed by atoms with van der Waals surface area (Å²) in [4.78, 5) is 15.2. The zero-order valence-corrected chi connectivity index (χ0v) is 21.4. The lowest BCUT2D eigenvalue weighted by molar-refractivity contribution is 0.0779. The first kappa shape index (κ1) is 24.8. The van der Waals surface area contributed by atoms with Crippen LogP contribution in [0, 0.1) is 13.8 Å². The van der Waals surface area contributed by atoms with Gasteiger partial charge in [-0.25, -0.2) is 9.48 Å². The number of nitrogens with one attached hydrogen (secondary N) is 1. The van der Waals surface area contributed by atoms with E-state index in [2.05, 4.69) is 5.32 Å². The highest BCUT2D eigenvalue weighted by Gasteiger charge is 2.28. The van der Waals surface area contributed by atoms with Crippen molar-refractivity contribution in [2.24, 2.45) is 0 Å². The second-order valence-electron chi connectivity index (χ2n) is 10.2. The minimum absolute atomic E-state index is 0.0336. The first-order valence-corrected chi connectivity index (χ1v) is 12.3. The molecular weight excluding hydrogens is 440 g/mol. The zero-order chi connectivity index (χ0) is 25.0. The Morgan fingerprint density at radius 1 is 1.17 bits per heavy atom. The number of para-hydroxylation sites is 1. The summed E-state index contributed by atoms with van der Waals surface area (Å²) in [6.45, 7) is 11.6. The third-order valence-corrected chi connectivity index (χ3v) is 5.91. The number of carbonyl (C=O) groups excluding carboxylic acids is 1. The predicted octanol–water partition coefficient (Wildman–Crippen LogP) is 5.77. The van der Waals surface area contributed by atoms with Gasteiger partial charge in [-0.15, -0.1) is 0 Å². The highest BCUT2D eigenvalue weighted by atomic mass is 16.5. The number of aryl methyl sites for hydroxylation is 2. The van der Waals surface area contributed by atoms with Crippen LogP contribution in [-0.2, 0) is 11.3 Å². The average molecular weight is 477 g/mol. The molecule has 1 fully saturated rings. The van der Waals surface area contributed by atoms with E-state index in [0.717, 1.165) is 47.7 Å². The third kappa shape index (κ3) is 6.42. The minimum Gasteiger partial charge on any atom is -0.439 e. The molecule has 1 saturated heterocycles. The van der Waals surface area contributed by atoms with Crippen molar-refractivity contribution in [1.82, 2.24) is 20.0 Å². The predicted molar refractivity (Wildman–Crippen MR) is 137 cm³/mol. The van der Waals surface area contributed by atoms with E-state index in [-0.39, 0.29) is 17.7 Å². The standard InChI is InChI=1S/C28H36N4O3/c1-20-11-9-14-23(17-20)35-26-25(21(2)30-32(26)22-12-7-6-8-13-22)19-31(18-24-15-10-16-34-24)27(33)29-28(3,4)5/h6-9,11-14,17,24H,10,15-16,18-19H2,1-5H3,(H,29,33)/t24-/m1/s1. The fourth-order valence-corrected chi connectivity index (χ4v) is 4.20. The summed E-state index contributed by atoms with van der Waals surface area (Å²) in [7, 11) is 0. The molecule has 35 heavy (non-hydrogen) atoms. The van der Waals surface area contributed by atoms with E-state index < -0.39 is 0 Å². The summed E-state index contributed by atoms with van der Waals surface area (Å²) in [5.41, 5.74) is 3.34. The number of hydrogen-bond acceptors (Lipinski definition) is 4. The van der Waals surface area contributed by atoms with Crippen molar-refractivity contribution in [3.8, 4) is 17.3 Å². The van der Waals surface area contributed by atoms with Gasteiger partial charge in [0, 0.05) is 18.7 Å². The summed E-state index contributed by atoms with van der Waals surface area (Å²) < 4.78 is 14.1. The molecule has 2 heterocycles. The van der Waals surface area contributed by atoms with Gasteiger partial charge < -0.3 is 19.7 Å². The van der Waals surface area contributed by atoms with E-state index in [0.29, 0.717) is 19.0 Å². The molecular formula is C28H36N4O3. The van der Waals surface area contributed by atoms with Crippen molar-refractivity contribution in [2.45, 2.75) is 65.6 Å². The Labute approximate surface area is 208 Å². The van der Waals surface area contributed by atoms with E-state index in [1.807, 2.05) is 98.8 Å². The molecule has 7 heteroatoms. The lowest BCUT2D eigenvalue weighted by Crippen LogP contribution is -2.50. The van der Waals surface area contributed by atoms with E-state index in [4.69, 9.17) is 14.6 Å². The van der Waals surface area contributed by atoms with Gasteiger partial charge in [0.1, 0.15) is 5.75 Å². The number of rotatable bonds is 7. The summed E-state index contributed by atoms with van der Waals surface area (Å²) in [5, 5.41) is 7.93. The topological polar surface area (TPSA) is 68.6 Å². The number of hydrogen-bond donors (Lipinski definition) is 1. The summed E-state index contributed by atoms with van der Waals surface area (Å²) in [6.07, 6.45) is 2.01. The van der Waals surface area contributed by atoms with Crippen LogP contribution in [0.3, 0.4) is 0 Å². The number of aromatic nitrogens is 2. The maximum atomic E-state index is 13.3. The fourth-order valence-electron chi connectivity index (χ4n) is 4.20. The van der Waals surface area contributed by atoms with Crippen LogP contribution >= 0.6 is 0 Å². The molecule has 0 saturated carbocycles. The van der Waals surface area contributed by atoms with Crippen molar-refractivity contribution in [3.63, 3.8) is 0 Å². The highest BCUT2D eigenvalue weighted by molar-refractivity contribution is 5.75. The molecule has 0 spiro atoms. The SMILES string of the molecule is Cc1cccc(Oc2c(CN(C[C@H]3CCCO3)C(=O)NC(C)(C)C)c(C)nn2-c2ccccc2)c1. The van der Waals surface area contributed by atoms with Gasteiger partial charge >= 0.3 is 6.03 Å². The van der Waals surface area contributed by atoms with E-state index in [9.17, 15) is 4.79 Å². The van der Waals surface area contributed by atoms with Gasteiger partial charge in [0.25, 0.3) is 0 Å². The van der Waals surface area contributed by atoms with Gasteiger partial charge in [0.05, 0.1) is 29.6 Å². The molecule has 0 unspecified atom stereocenters. The largest absolute Gasteiger partial charge is 0.439 e. The molecule has 1 atom stereocenters. The van der Waals surface area contributed by atoms with Crippen LogP contribution in [0.4, 0.5) is 4.79 Å². The van der Waals surface area contributed by atoms with Crippen molar-refractivity contribution in [1.29, 1.82) is 0 Å².